The molecule has 0 atom stereocenters. The van der Waals surface area contributed by atoms with Gasteiger partial charge in [0, 0.05) is 23.0 Å². The molecule has 0 unspecified atom stereocenters. The lowest BCUT2D eigenvalue weighted by molar-refractivity contribution is -0.571. The van der Waals surface area contributed by atoms with E-state index in [1.54, 1.807) is 0 Å². The van der Waals surface area contributed by atoms with Crippen LogP contribution >= 0.6 is 0 Å². The predicted octanol–water partition coefficient (Wildman–Crippen LogP) is 14.1. The highest BCUT2D eigenvalue weighted by atomic mass is 16.5. The molecule has 0 spiro atoms. The molecule has 0 saturated heterocycles. The number of aromatic nitrogens is 4. The Kier molecular flexibility index (Phi) is 9.28. The van der Waals surface area contributed by atoms with Crippen LogP contribution in [0.25, 0.3) is 83.4 Å². The molecule has 0 bridgehead atoms. The van der Waals surface area contributed by atoms with Crippen molar-refractivity contribution in [3.8, 4) is 62.1 Å². The van der Waals surface area contributed by atoms with Gasteiger partial charge in [-0.3, -0.25) is 13.7 Å². The lowest BCUT2D eigenvalue weighted by Gasteiger charge is -2.17. The summed E-state index contributed by atoms with van der Waals surface area (Å²) in [6.07, 6.45) is 5.77. The second kappa shape index (κ2) is 15.5. The first-order valence-corrected chi connectivity index (χ1v) is 21.1. The van der Waals surface area contributed by atoms with E-state index in [0.29, 0.717) is 5.92 Å². The Labute approximate surface area is 361 Å². The molecule has 0 radical (unpaired) electrons. The number of ether oxygens (including phenoxy) is 1. The average molecular weight is 799 g/mol. The number of rotatable bonds is 9. The van der Waals surface area contributed by atoms with Gasteiger partial charge in [0.1, 0.15) is 17.3 Å². The van der Waals surface area contributed by atoms with E-state index in [0.717, 1.165) is 89.5 Å². The fraction of sp³-hybridized carbons (Fsp3) is 0.0526. The maximum atomic E-state index is 6.76. The maximum absolute atomic E-state index is 6.76. The fourth-order valence-electron chi connectivity index (χ4n) is 8.76. The Bertz CT molecular complexity index is 3350. The van der Waals surface area contributed by atoms with Gasteiger partial charge in [-0.1, -0.05) is 159 Å². The van der Waals surface area contributed by atoms with Gasteiger partial charge in [-0.15, -0.1) is 0 Å². The number of fused-ring (bicyclic) bond motifs is 4. The van der Waals surface area contributed by atoms with Crippen LogP contribution in [0.2, 0.25) is 0 Å². The van der Waals surface area contributed by atoms with Gasteiger partial charge in [-0.2, -0.15) is 0 Å². The van der Waals surface area contributed by atoms with E-state index in [9.17, 15) is 0 Å². The van der Waals surface area contributed by atoms with E-state index in [2.05, 4.69) is 234 Å². The van der Waals surface area contributed by atoms with Crippen LogP contribution in [0.5, 0.6) is 11.5 Å². The second-order valence-corrected chi connectivity index (χ2v) is 16.0. The molecule has 5 heteroatoms. The lowest BCUT2D eigenvalue weighted by atomic mass is 9.95. The van der Waals surface area contributed by atoms with E-state index in [4.69, 9.17) is 9.72 Å². The number of nitrogens with zero attached hydrogens (tertiary/aromatic N) is 4. The minimum Gasteiger partial charge on any atom is -0.458 e. The van der Waals surface area contributed by atoms with Gasteiger partial charge >= 0.3 is 0 Å². The van der Waals surface area contributed by atoms with Crippen LogP contribution in [0.15, 0.2) is 212 Å². The van der Waals surface area contributed by atoms with Crippen LogP contribution in [0, 0.1) is 6.33 Å². The molecular formula is C57H42N4O. The highest BCUT2D eigenvalue weighted by Gasteiger charge is 2.21. The smallest absolute Gasteiger partial charge is 0.269 e. The van der Waals surface area contributed by atoms with Crippen molar-refractivity contribution in [1.82, 2.24) is 14.1 Å². The van der Waals surface area contributed by atoms with Crippen molar-refractivity contribution in [1.29, 1.82) is 0 Å². The molecule has 0 aliphatic heterocycles. The van der Waals surface area contributed by atoms with Crippen molar-refractivity contribution in [2.45, 2.75) is 19.8 Å². The van der Waals surface area contributed by atoms with Crippen molar-refractivity contribution >= 4 is 32.8 Å². The number of para-hydroxylation sites is 2. The Morgan fingerprint density at radius 2 is 1.15 bits per heavy atom. The normalized spacial score (nSPS) is 11.5. The summed E-state index contributed by atoms with van der Waals surface area (Å²) in [6, 6.07) is 72.6. The number of hydrogen-bond acceptors (Lipinski definition) is 2. The van der Waals surface area contributed by atoms with Crippen LogP contribution in [-0.2, 0) is 0 Å². The molecule has 0 amide bonds. The summed E-state index contributed by atoms with van der Waals surface area (Å²) >= 11 is 0. The zero-order chi connectivity index (χ0) is 41.6. The van der Waals surface area contributed by atoms with Crippen LogP contribution in [0.4, 0.5) is 0 Å². The van der Waals surface area contributed by atoms with Crippen LogP contribution in [0.3, 0.4) is 0 Å². The third kappa shape index (κ3) is 6.61. The number of imidazole rings is 1. The monoisotopic (exact) mass is 798 g/mol. The Hall–Kier alpha value is -8.02. The molecule has 0 fully saturated rings. The first-order valence-electron chi connectivity index (χ1n) is 21.1. The van der Waals surface area contributed by atoms with E-state index < -0.39 is 0 Å². The number of benzene rings is 8. The van der Waals surface area contributed by atoms with Gasteiger partial charge in [0.2, 0.25) is 0 Å². The lowest BCUT2D eigenvalue weighted by Crippen LogP contribution is -2.31. The Morgan fingerprint density at radius 1 is 0.500 bits per heavy atom. The standard InChI is InChI=1S/C57H42N4O/c1-39(2)43-32-33-58-56(35-43)61-52-27-13-12-24-50(52)51-30-29-47(37-54(51)61)62-46-23-14-22-45(36-46)59-38-60(55-34-44(28-31-53(55)59)40-16-6-3-7-17-40)57-48(41-18-8-4-9-19-41)25-15-26-49(57)42-20-10-5-11-21-42/h3-37,39H,1-2H3. The highest BCUT2D eigenvalue weighted by molar-refractivity contribution is 6.09. The van der Waals surface area contributed by atoms with Crippen molar-refractivity contribution in [2.75, 3.05) is 0 Å². The van der Waals surface area contributed by atoms with E-state index in [1.807, 2.05) is 12.3 Å². The van der Waals surface area contributed by atoms with Crippen LogP contribution < -0.4 is 9.30 Å². The molecule has 8 aromatic carbocycles. The van der Waals surface area contributed by atoms with Crippen LogP contribution in [-0.4, -0.2) is 14.1 Å². The quantitative estimate of drug-likeness (QED) is 0.108. The van der Waals surface area contributed by atoms with E-state index in [-0.39, 0.29) is 0 Å². The molecule has 3 aromatic heterocycles. The van der Waals surface area contributed by atoms with Crippen molar-refractivity contribution < 1.29 is 9.30 Å². The van der Waals surface area contributed by atoms with Gasteiger partial charge in [-0.05, 0) is 99.5 Å². The topological polar surface area (TPSA) is 35.9 Å². The van der Waals surface area contributed by atoms with Gasteiger partial charge < -0.3 is 4.74 Å². The second-order valence-electron chi connectivity index (χ2n) is 16.0. The minimum atomic E-state index is 0.385. The molecule has 0 saturated carbocycles. The molecule has 3 heterocycles. The summed E-state index contributed by atoms with van der Waals surface area (Å²) < 4.78 is 13.4. The summed E-state index contributed by atoms with van der Waals surface area (Å²) in [6.45, 7) is 4.43. The Morgan fingerprint density at radius 3 is 1.87 bits per heavy atom. The average Bonchev–Trinajstić information content (AvgIpc) is 3.88. The first-order chi connectivity index (χ1) is 30.6. The summed E-state index contributed by atoms with van der Waals surface area (Å²) in [5, 5.41) is 2.33. The van der Waals surface area contributed by atoms with Crippen LogP contribution in [0.1, 0.15) is 25.3 Å². The summed E-state index contributed by atoms with van der Waals surface area (Å²) in [5.74, 6) is 2.74. The molecule has 0 aliphatic rings. The molecular weight excluding hydrogens is 757 g/mol. The van der Waals surface area contributed by atoms with Crippen molar-refractivity contribution in [3.63, 3.8) is 0 Å². The fourth-order valence-corrected chi connectivity index (χ4v) is 8.76. The van der Waals surface area contributed by atoms with Gasteiger partial charge in [0.05, 0.1) is 33.4 Å². The third-order valence-electron chi connectivity index (χ3n) is 11.8. The molecule has 62 heavy (non-hydrogen) atoms. The third-order valence-corrected chi connectivity index (χ3v) is 11.8. The van der Waals surface area contributed by atoms with Gasteiger partial charge in [0.15, 0.2) is 0 Å². The van der Waals surface area contributed by atoms with Crippen molar-refractivity contribution in [3.05, 3.63) is 224 Å². The number of hydrogen-bond donors (Lipinski definition) is 0. The molecule has 0 aliphatic carbocycles. The summed E-state index contributed by atoms with van der Waals surface area (Å²) in [4.78, 5) is 4.85. The van der Waals surface area contributed by atoms with Gasteiger partial charge in [0.25, 0.3) is 6.33 Å². The zero-order valence-corrected chi connectivity index (χ0v) is 34.5. The largest absolute Gasteiger partial charge is 0.458 e. The summed E-state index contributed by atoms with van der Waals surface area (Å²) in [5.41, 5.74) is 14.2. The molecule has 11 rings (SSSR count). The SMILES string of the molecule is CC(C)c1ccnc(-n2c3ccccc3c3ccc(Oc4cccc(-n5[c-][n+](-c6c(-c7ccccc7)cccc6-c6ccccc6)c6cc(-c7ccccc7)ccc65)c4)cc32)c1. The Balaban J connectivity index is 1.06. The van der Waals surface area contributed by atoms with Gasteiger partial charge in [-0.25, -0.2) is 4.98 Å². The molecule has 11 aromatic rings. The molecule has 0 N–H and O–H groups in total. The highest BCUT2D eigenvalue weighted by Crippen LogP contribution is 2.38. The summed E-state index contributed by atoms with van der Waals surface area (Å²) in [7, 11) is 0. The minimum absolute atomic E-state index is 0.385. The zero-order valence-electron chi connectivity index (χ0n) is 34.5. The first kappa shape index (κ1) is 37.0. The molecule has 296 valence electrons. The predicted molar refractivity (Wildman–Crippen MR) is 253 cm³/mol. The number of pyridine rings is 1. The molecule has 5 nitrogen and oxygen atoms in total. The van der Waals surface area contributed by atoms with E-state index in [1.165, 1.54) is 10.9 Å². The van der Waals surface area contributed by atoms with E-state index >= 15 is 0 Å². The maximum Gasteiger partial charge on any atom is 0.269 e. The van der Waals surface area contributed by atoms with Crippen molar-refractivity contribution in [2.24, 2.45) is 0 Å².